The first-order chi connectivity index (χ1) is 18.5. The number of benzene rings is 2. The molecule has 0 spiro atoms. The van der Waals surface area contributed by atoms with Crippen LogP contribution < -0.4 is 24.9 Å². The zero-order valence-corrected chi connectivity index (χ0v) is 22.2. The van der Waals surface area contributed by atoms with E-state index in [4.69, 9.17) is 4.52 Å². The number of amides is 2. The first-order valence-corrected chi connectivity index (χ1v) is 13.5. The molecule has 1 aromatic heterocycles. The Balaban J connectivity index is 1.29. The van der Waals surface area contributed by atoms with Crippen LogP contribution in [0.1, 0.15) is 24.8 Å². The Morgan fingerprint density at radius 3 is 2.55 bits per heavy atom. The highest BCUT2D eigenvalue weighted by Gasteiger charge is 2.32. The molecule has 11 heteroatoms. The molecule has 0 atom stereocenters. The highest BCUT2D eigenvalue weighted by Crippen LogP contribution is 2.29. The molecule has 0 aliphatic carbocycles. The molecule has 10 nitrogen and oxygen atoms in total. The Morgan fingerprint density at radius 2 is 1.84 bits per heavy atom. The standard InChI is InChI=1S/C27H29N7O3S/c1-31(2)21-13-11-20(12-14-21)17-23-26(36)34(22-9-5-3-6-10-22)27(28-23)38-19-24(35)29-25-18-33(30-37-25)32-15-7-4-8-16-32/h3,5-6,9-14,17-18H,4,7-8,15-16,19H2,1-2H3/p+1/b23-17+. The lowest BCUT2D eigenvalue weighted by atomic mass is 10.1. The normalized spacial score (nSPS) is 16.6. The summed E-state index contributed by atoms with van der Waals surface area (Å²) in [7, 11) is 3.95. The van der Waals surface area contributed by atoms with Crippen LogP contribution in [0.4, 0.5) is 17.3 Å². The van der Waals surface area contributed by atoms with Gasteiger partial charge < -0.3 is 4.90 Å². The van der Waals surface area contributed by atoms with Crippen LogP contribution in [-0.4, -0.2) is 55.2 Å². The van der Waals surface area contributed by atoms with Gasteiger partial charge in [0.15, 0.2) is 5.17 Å². The highest BCUT2D eigenvalue weighted by atomic mass is 32.2. The number of piperidine rings is 1. The van der Waals surface area contributed by atoms with Gasteiger partial charge in [0.25, 0.3) is 12.1 Å². The van der Waals surface area contributed by atoms with Crippen molar-refractivity contribution in [2.45, 2.75) is 19.3 Å². The maximum absolute atomic E-state index is 13.4. The van der Waals surface area contributed by atoms with Crippen LogP contribution >= 0.6 is 11.8 Å². The van der Waals surface area contributed by atoms with Crippen molar-refractivity contribution in [2.24, 2.45) is 4.99 Å². The van der Waals surface area contributed by atoms with Gasteiger partial charge in [-0.05, 0) is 55.2 Å². The minimum Gasteiger partial charge on any atom is -0.378 e. The number of hydrogen-bond donors (Lipinski definition) is 1. The van der Waals surface area contributed by atoms with E-state index in [9.17, 15) is 9.59 Å². The van der Waals surface area contributed by atoms with Crippen molar-refractivity contribution in [1.29, 1.82) is 0 Å². The van der Waals surface area contributed by atoms with Gasteiger partial charge in [0.1, 0.15) is 5.70 Å². The fraction of sp³-hybridized carbons (Fsp3) is 0.296. The molecule has 2 aromatic carbocycles. The third-order valence-electron chi connectivity index (χ3n) is 6.23. The van der Waals surface area contributed by atoms with Crippen molar-refractivity contribution < 1.29 is 18.9 Å². The Morgan fingerprint density at radius 1 is 1.11 bits per heavy atom. The first kappa shape index (κ1) is 25.5. The van der Waals surface area contributed by atoms with Gasteiger partial charge >= 0.3 is 5.88 Å². The number of aromatic nitrogens is 2. The maximum atomic E-state index is 13.4. The molecular formula is C27H30N7O3S+. The van der Waals surface area contributed by atoms with Crippen molar-refractivity contribution in [3.8, 4) is 0 Å². The molecule has 5 rings (SSSR count). The average Bonchev–Trinajstić information content (AvgIpc) is 3.53. The molecule has 3 heterocycles. The van der Waals surface area contributed by atoms with Crippen LogP contribution in [0, 0.1) is 0 Å². The van der Waals surface area contributed by atoms with Crippen molar-refractivity contribution >= 4 is 52.1 Å². The summed E-state index contributed by atoms with van der Waals surface area (Å²) in [5, 5.41) is 9.28. The van der Waals surface area contributed by atoms with Crippen LogP contribution in [0.25, 0.3) is 6.08 Å². The van der Waals surface area contributed by atoms with E-state index in [0.717, 1.165) is 37.2 Å². The summed E-state index contributed by atoms with van der Waals surface area (Å²) in [6.07, 6.45) is 6.85. The molecule has 2 amide bonds. The second kappa shape index (κ2) is 11.5. The predicted molar refractivity (Wildman–Crippen MR) is 150 cm³/mol. The first-order valence-electron chi connectivity index (χ1n) is 12.5. The summed E-state index contributed by atoms with van der Waals surface area (Å²) in [5.74, 6) is -0.206. The van der Waals surface area contributed by atoms with Crippen molar-refractivity contribution in [1.82, 2.24) is 5.27 Å². The van der Waals surface area contributed by atoms with E-state index < -0.39 is 0 Å². The molecule has 0 unspecified atom stereocenters. The van der Waals surface area contributed by atoms with E-state index >= 15 is 0 Å². The number of anilines is 3. The van der Waals surface area contributed by atoms with Crippen LogP contribution in [0.2, 0.25) is 0 Å². The zero-order chi connectivity index (χ0) is 26.5. The summed E-state index contributed by atoms with van der Waals surface area (Å²) >= 11 is 1.19. The van der Waals surface area contributed by atoms with Crippen molar-refractivity contribution in [3.05, 3.63) is 72.1 Å². The van der Waals surface area contributed by atoms with E-state index in [0.29, 0.717) is 16.6 Å². The molecule has 0 saturated carbocycles. The molecule has 2 aliphatic heterocycles. The third-order valence-corrected chi connectivity index (χ3v) is 7.17. The lowest BCUT2D eigenvalue weighted by Gasteiger charge is -2.17. The smallest absolute Gasteiger partial charge is 0.305 e. The molecular weight excluding hydrogens is 502 g/mol. The van der Waals surface area contributed by atoms with Gasteiger partial charge in [0, 0.05) is 19.8 Å². The summed E-state index contributed by atoms with van der Waals surface area (Å²) in [6, 6.07) is 17.2. The Hall–Kier alpha value is -4.12. The SMILES string of the molecule is CN(C)c1ccc(/C=C2/N=C(SCC(=O)Nc3c[n+](N4CCCCC4)no3)N(c3ccccc3)C2=O)cc1. The molecule has 196 valence electrons. The second-order valence-corrected chi connectivity index (χ2v) is 10.2. The van der Waals surface area contributed by atoms with Crippen molar-refractivity contribution in [3.63, 3.8) is 0 Å². The largest absolute Gasteiger partial charge is 0.378 e. The van der Waals surface area contributed by atoms with E-state index in [1.54, 1.807) is 17.1 Å². The second-order valence-electron chi connectivity index (χ2n) is 9.22. The van der Waals surface area contributed by atoms with E-state index in [-0.39, 0.29) is 23.5 Å². The van der Waals surface area contributed by atoms with Gasteiger partial charge in [-0.25, -0.2) is 4.99 Å². The number of para-hydroxylation sites is 1. The van der Waals surface area contributed by atoms with Gasteiger partial charge in [0.2, 0.25) is 11.2 Å². The van der Waals surface area contributed by atoms with Gasteiger partial charge in [-0.3, -0.25) is 24.3 Å². The summed E-state index contributed by atoms with van der Waals surface area (Å²) in [4.78, 5) is 35.9. The zero-order valence-electron chi connectivity index (χ0n) is 21.4. The quantitative estimate of drug-likeness (QED) is 0.368. The minimum absolute atomic E-state index is 0.0463. The van der Waals surface area contributed by atoms with Crippen LogP contribution in [-0.2, 0) is 9.59 Å². The fourth-order valence-electron chi connectivity index (χ4n) is 4.24. The molecule has 1 saturated heterocycles. The molecule has 38 heavy (non-hydrogen) atoms. The van der Waals surface area contributed by atoms with Crippen LogP contribution in [0.15, 0.2) is 76.0 Å². The van der Waals surface area contributed by atoms with Crippen LogP contribution in [0.5, 0.6) is 0 Å². The summed E-state index contributed by atoms with van der Waals surface area (Å²) < 4.78 is 5.30. The number of nitrogens with one attached hydrogen (secondary N) is 1. The number of carbonyl (C=O) groups is 2. The number of amidine groups is 1. The number of nitrogens with zero attached hydrogens (tertiary/aromatic N) is 6. The van der Waals surface area contributed by atoms with Gasteiger partial charge in [-0.1, -0.05) is 42.1 Å². The minimum atomic E-state index is -0.281. The fourth-order valence-corrected chi connectivity index (χ4v) is 5.05. The number of hydrogen-bond acceptors (Lipinski definition) is 8. The average molecular weight is 533 g/mol. The van der Waals surface area contributed by atoms with E-state index in [1.807, 2.05) is 73.6 Å². The maximum Gasteiger partial charge on any atom is 0.305 e. The number of rotatable bonds is 7. The molecule has 0 radical (unpaired) electrons. The molecule has 2 aliphatic rings. The topological polar surface area (TPSA) is 98.2 Å². The summed E-state index contributed by atoms with van der Waals surface area (Å²) in [5.41, 5.74) is 2.93. The molecule has 1 fully saturated rings. The number of aliphatic imine (C=N–C) groups is 1. The summed E-state index contributed by atoms with van der Waals surface area (Å²) in [6.45, 7) is 1.80. The van der Waals surface area contributed by atoms with Gasteiger partial charge in [-0.15, -0.1) is 0 Å². The monoisotopic (exact) mass is 532 g/mol. The Bertz CT molecular complexity index is 1350. The molecule has 0 bridgehead atoms. The predicted octanol–water partition coefficient (Wildman–Crippen LogP) is 3.27. The lowest BCUT2D eigenvalue weighted by Crippen LogP contribution is -2.60. The number of carbonyl (C=O) groups excluding carboxylic acids is 2. The van der Waals surface area contributed by atoms with E-state index in [1.165, 1.54) is 23.1 Å². The highest BCUT2D eigenvalue weighted by molar-refractivity contribution is 8.14. The van der Waals surface area contributed by atoms with Gasteiger partial charge in [-0.2, -0.15) is 5.01 Å². The van der Waals surface area contributed by atoms with E-state index in [2.05, 4.69) is 20.6 Å². The third kappa shape index (κ3) is 5.88. The molecule has 3 aromatic rings. The Kier molecular flexibility index (Phi) is 7.73. The Labute approximate surface area is 225 Å². The molecule has 1 N–H and O–H groups in total. The number of thioether (sulfide) groups is 1. The van der Waals surface area contributed by atoms with Gasteiger partial charge in [0.05, 0.1) is 29.3 Å². The van der Waals surface area contributed by atoms with Crippen molar-refractivity contribution in [2.75, 3.05) is 53.1 Å². The lowest BCUT2D eigenvalue weighted by molar-refractivity contribution is -0.759. The van der Waals surface area contributed by atoms with Crippen LogP contribution in [0.3, 0.4) is 0 Å².